The summed E-state index contributed by atoms with van der Waals surface area (Å²) in [4.78, 5) is 18.9. The number of carboxylic acids is 1. The summed E-state index contributed by atoms with van der Waals surface area (Å²) < 4.78 is 0. The Hall–Kier alpha value is -2.47. The Morgan fingerprint density at radius 3 is 2.29 bits per heavy atom. The van der Waals surface area contributed by atoms with Crippen molar-refractivity contribution in [1.82, 2.24) is 9.97 Å². The first-order chi connectivity index (χ1) is 10.1. The highest BCUT2D eigenvalue weighted by Crippen LogP contribution is 2.18. The smallest absolute Gasteiger partial charge is 0.303 e. The second kappa shape index (κ2) is 6.81. The number of carboxylic acid groups (broad SMARTS) is 1. The number of aliphatic carboxylic acids is 1. The second-order valence-corrected chi connectivity index (χ2v) is 4.68. The Morgan fingerprint density at radius 1 is 1.14 bits per heavy atom. The molecule has 7 heteroatoms. The first-order valence-corrected chi connectivity index (χ1v) is 6.49. The van der Waals surface area contributed by atoms with E-state index in [1.807, 2.05) is 0 Å². The molecule has 0 radical (unpaired) electrons. The first-order valence-electron chi connectivity index (χ1n) is 6.11. The number of halogens is 1. The summed E-state index contributed by atoms with van der Waals surface area (Å²) in [6, 6.07) is 7.06. The van der Waals surface area contributed by atoms with Crippen LogP contribution in [-0.4, -0.2) is 32.0 Å². The van der Waals surface area contributed by atoms with Crippen LogP contribution in [0.3, 0.4) is 0 Å². The van der Waals surface area contributed by atoms with Crippen LogP contribution in [0.2, 0.25) is 5.02 Å². The summed E-state index contributed by atoms with van der Waals surface area (Å²) in [6.45, 7) is 0. The topological polar surface area (TPSA) is 95.7 Å². The Morgan fingerprint density at radius 2 is 1.76 bits per heavy atom. The van der Waals surface area contributed by atoms with Crippen molar-refractivity contribution in [3.63, 3.8) is 0 Å². The van der Waals surface area contributed by atoms with E-state index < -0.39 is 5.97 Å². The summed E-state index contributed by atoms with van der Waals surface area (Å²) in [5.74, 6) is -0.458. The molecule has 6 nitrogen and oxygen atoms in total. The molecule has 0 saturated heterocycles. The number of carbonyl (C=O) groups is 1. The number of benzene rings is 1. The molecule has 21 heavy (non-hydrogen) atoms. The molecule has 0 saturated carbocycles. The third-order valence-corrected chi connectivity index (χ3v) is 3.04. The summed E-state index contributed by atoms with van der Waals surface area (Å²) >= 11 is 5.81. The quantitative estimate of drug-likeness (QED) is 0.503. The number of rotatable bonds is 5. The van der Waals surface area contributed by atoms with Gasteiger partial charge in [0.25, 0.3) is 0 Å². The average Bonchev–Trinajstić information content (AvgIpc) is 2.49. The van der Waals surface area contributed by atoms with Gasteiger partial charge < -0.3 is 10.3 Å². The molecule has 0 atom stereocenters. The third kappa shape index (κ3) is 4.00. The second-order valence-electron chi connectivity index (χ2n) is 4.24. The number of oxime groups is 1. The average molecular weight is 306 g/mol. The largest absolute Gasteiger partial charge is 0.481 e. The van der Waals surface area contributed by atoms with Gasteiger partial charge in [-0.2, -0.15) is 0 Å². The molecule has 0 spiro atoms. The molecule has 108 valence electrons. The molecule has 0 amide bonds. The lowest BCUT2D eigenvalue weighted by atomic mass is 10.1. The summed E-state index contributed by atoms with van der Waals surface area (Å²) in [5.41, 5.74) is 1.52. The molecule has 2 aromatic rings. The summed E-state index contributed by atoms with van der Waals surface area (Å²) in [6.07, 6.45) is 2.97. The van der Waals surface area contributed by atoms with Gasteiger partial charge in [0.05, 0.1) is 12.1 Å². The van der Waals surface area contributed by atoms with Gasteiger partial charge in [0.1, 0.15) is 0 Å². The molecule has 0 fully saturated rings. The molecule has 0 aliphatic carbocycles. The fourth-order valence-electron chi connectivity index (χ4n) is 1.70. The van der Waals surface area contributed by atoms with Crippen LogP contribution in [0, 0.1) is 0 Å². The van der Waals surface area contributed by atoms with Gasteiger partial charge in [-0.15, -0.1) is 0 Å². The molecule has 0 bridgehead atoms. The minimum Gasteiger partial charge on any atom is -0.481 e. The predicted molar refractivity (Wildman–Crippen MR) is 77.7 cm³/mol. The van der Waals surface area contributed by atoms with Crippen molar-refractivity contribution in [3.05, 3.63) is 47.2 Å². The highest BCUT2D eigenvalue weighted by Gasteiger charge is 2.09. The van der Waals surface area contributed by atoms with Crippen molar-refractivity contribution in [1.29, 1.82) is 0 Å². The summed E-state index contributed by atoms with van der Waals surface area (Å²) in [5, 5.41) is 21.3. The third-order valence-electron chi connectivity index (χ3n) is 2.78. The summed E-state index contributed by atoms with van der Waals surface area (Å²) in [7, 11) is 0. The van der Waals surface area contributed by atoms with Crippen molar-refractivity contribution >= 4 is 23.3 Å². The van der Waals surface area contributed by atoms with E-state index in [-0.39, 0.29) is 18.6 Å². The Kier molecular flexibility index (Phi) is 4.84. The Bertz CT molecular complexity index is 654. The van der Waals surface area contributed by atoms with Crippen molar-refractivity contribution in [3.8, 4) is 11.4 Å². The lowest BCUT2D eigenvalue weighted by Crippen LogP contribution is -2.06. The number of aromatic nitrogens is 2. The van der Waals surface area contributed by atoms with Gasteiger partial charge in [-0.1, -0.05) is 16.8 Å². The molecule has 2 N–H and O–H groups in total. The SMILES string of the molecule is O=C(O)CC/C(=N\O)c1cnc(-c2ccc(Cl)cc2)nc1. The van der Waals surface area contributed by atoms with Gasteiger partial charge in [0.2, 0.25) is 0 Å². The fourth-order valence-corrected chi connectivity index (χ4v) is 1.83. The fraction of sp³-hybridized carbons (Fsp3) is 0.143. The lowest BCUT2D eigenvalue weighted by molar-refractivity contribution is -0.136. The van der Waals surface area contributed by atoms with Crippen molar-refractivity contribution in [2.75, 3.05) is 0 Å². The molecule has 0 aliphatic rings. The van der Waals surface area contributed by atoms with E-state index in [4.69, 9.17) is 21.9 Å². The van der Waals surface area contributed by atoms with E-state index in [9.17, 15) is 4.79 Å². The molecule has 1 aromatic heterocycles. The van der Waals surface area contributed by atoms with Crippen LogP contribution in [0.4, 0.5) is 0 Å². The van der Waals surface area contributed by atoms with Crippen LogP contribution in [0.1, 0.15) is 18.4 Å². The van der Waals surface area contributed by atoms with E-state index >= 15 is 0 Å². The maximum atomic E-state index is 10.5. The number of hydrogen-bond donors (Lipinski definition) is 2. The lowest BCUT2D eigenvalue weighted by Gasteiger charge is -2.04. The van der Waals surface area contributed by atoms with E-state index in [0.29, 0.717) is 16.4 Å². The molecule has 2 rings (SSSR count). The molecule has 0 aliphatic heterocycles. The van der Waals surface area contributed by atoms with Gasteiger partial charge in [-0.25, -0.2) is 9.97 Å². The van der Waals surface area contributed by atoms with Crippen LogP contribution >= 0.6 is 11.6 Å². The minimum atomic E-state index is -0.963. The molecule has 0 unspecified atom stereocenters. The zero-order valence-electron chi connectivity index (χ0n) is 10.9. The maximum Gasteiger partial charge on any atom is 0.303 e. The van der Waals surface area contributed by atoms with Crippen LogP contribution in [-0.2, 0) is 4.79 Å². The van der Waals surface area contributed by atoms with Crippen LogP contribution < -0.4 is 0 Å². The number of nitrogens with zero attached hydrogens (tertiary/aromatic N) is 3. The molecular weight excluding hydrogens is 294 g/mol. The van der Waals surface area contributed by atoms with Crippen molar-refractivity contribution in [2.24, 2.45) is 5.16 Å². The van der Waals surface area contributed by atoms with Crippen molar-refractivity contribution < 1.29 is 15.1 Å². The predicted octanol–water partition coefficient (Wildman–Crippen LogP) is 2.84. The zero-order valence-corrected chi connectivity index (χ0v) is 11.7. The van der Waals surface area contributed by atoms with Crippen LogP contribution in [0.25, 0.3) is 11.4 Å². The molecule has 1 aromatic carbocycles. The van der Waals surface area contributed by atoms with Gasteiger partial charge in [-0.3, -0.25) is 4.79 Å². The van der Waals surface area contributed by atoms with E-state index in [1.54, 1.807) is 24.3 Å². The Balaban J connectivity index is 2.18. The van der Waals surface area contributed by atoms with Gasteiger partial charge >= 0.3 is 5.97 Å². The van der Waals surface area contributed by atoms with E-state index in [2.05, 4.69) is 15.1 Å². The number of hydrogen-bond acceptors (Lipinski definition) is 5. The van der Waals surface area contributed by atoms with E-state index in [1.165, 1.54) is 12.4 Å². The maximum absolute atomic E-state index is 10.5. The normalized spacial score (nSPS) is 11.4. The monoisotopic (exact) mass is 305 g/mol. The minimum absolute atomic E-state index is 0.107. The highest BCUT2D eigenvalue weighted by molar-refractivity contribution is 6.30. The van der Waals surface area contributed by atoms with Gasteiger partial charge in [-0.05, 0) is 24.3 Å². The van der Waals surface area contributed by atoms with Crippen LogP contribution in [0.15, 0.2) is 41.8 Å². The molecular formula is C14H12ClN3O3. The highest BCUT2D eigenvalue weighted by atomic mass is 35.5. The van der Waals surface area contributed by atoms with E-state index in [0.717, 1.165) is 5.56 Å². The standard InChI is InChI=1S/C14H12ClN3O3/c15-11-3-1-9(2-4-11)14-16-7-10(8-17-14)12(18-21)5-6-13(19)20/h1-4,7-8,21H,5-6H2,(H,19,20)/b18-12+. The first kappa shape index (κ1) is 14.9. The Labute approximate surface area is 125 Å². The molecule has 1 heterocycles. The van der Waals surface area contributed by atoms with Gasteiger partial charge in [0.15, 0.2) is 5.82 Å². The zero-order chi connectivity index (χ0) is 15.2. The van der Waals surface area contributed by atoms with Gasteiger partial charge in [0, 0.05) is 35.0 Å². The van der Waals surface area contributed by atoms with Crippen molar-refractivity contribution in [2.45, 2.75) is 12.8 Å². The van der Waals surface area contributed by atoms with Crippen LogP contribution in [0.5, 0.6) is 0 Å².